The second-order valence-electron chi connectivity index (χ2n) is 4.05. The zero-order valence-electron chi connectivity index (χ0n) is 9.78. The minimum absolute atomic E-state index is 0.178. The van der Waals surface area contributed by atoms with Crippen LogP contribution in [-0.2, 0) is 6.18 Å². The fraction of sp³-hybridized carbons (Fsp3) is 0.0769. The molecule has 2 heterocycles. The molecule has 0 aliphatic carbocycles. The highest BCUT2D eigenvalue weighted by atomic mass is 35.5. The summed E-state index contributed by atoms with van der Waals surface area (Å²) >= 11 is 7.39. The first-order valence-corrected chi connectivity index (χ1v) is 6.79. The topological polar surface area (TPSA) is 25.8 Å². The summed E-state index contributed by atoms with van der Waals surface area (Å²) in [4.78, 5) is 7.84. The molecule has 20 heavy (non-hydrogen) atoms. The van der Waals surface area contributed by atoms with E-state index in [1.165, 1.54) is 17.4 Å². The number of alkyl halides is 3. The van der Waals surface area contributed by atoms with Gasteiger partial charge in [-0.05, 0) is 29.1 Å². The Kier molecular flexibility index (Phi) is 3.14. The van der Waals surface area contributed by atoms with Gasteiger partial charge in [-0.15, -0.1) is 11.3 Å². The van der Waals surface area contributed by atoms with E-state index in [1.54, 1.807) is 12.1 Å². The van der Waals surface area contributed by atoms with Crippen LogP contribution in [0.3, 0.4) is 0 Å². The molecule has 0 saturated heterocycles. The summed E-state index contributed by atoms with van der Waals surface area (Å²) in [5.41, 5.74) is 1.05. The molecule has 2 nitrogen and oxygen atoms in total. The standard InChI is InChI=1S/C13H6ClF3N2S/c14-11-8-6-7(10-2-1-5-20-10)3-4-9(8)18-12(19-11)13(15,16)17/h1-6H. The van der Waals surface area contributed by atoms with Gasteiger partial charge in [0.25, 0.3) is 0 Å². The molecule has 0 saturated carbocycles. The van der Waals surface area contributed by atoms with Gasteiger partial charge in [0, 0.05) is 10.3 Å². The van der Waals surface area contributed by atoms with Crippen LogP contribution >= 0.6 is 22.9 Å². The van der Waals surface area contributed by atoms with Gasteiger partial charge in [0.1, 0.15) is 5.15 Å². The van der Waals surface area contributed by atoms with Crippen LogP contribution < -0.4 is 0 Å². The summed E-state index contributed by atoms with van der Waals surface area (Å²) in [7, 11) is 0. The Morgan fingerprint density at radius 2 is 1.90 bits per heavy atom. The molecule has 0 unspecified atom stereocenters. The van der Waals surface area contributed by atoms with Crippen LogP contribution in [0.2, 0.25) is 5.15 Å². The number of nitrogens with zero attached hydrogens (tertiary/aromatic N) is 2. The molecule has 2 aromatic heterocycles. The Hall–Kier alpha value is -1.66. The highest BCUT2D eigenvalue weighted by molar-refractivity contribution is 7.13. The van der Waals surface area contributed by atoms with E-state index < -0.39 is 12.0 Å². The van der Waals surface area contributed by atoms with Crippen molar-refractivity contribution in [2.45, 2.75) is 6.18 Å². The molecule has 0 radical (unpaired) electrons. The van der Waals surface area contributed by atoms with Crippen LogP contribution in [0.15, 0.2) is 35.7 Å². The first-order valence-electron chi connectivity index (χ1n) is 5.53. The largest absolute Gasteiger partial charge is 0.451 e. The molecule has 0 N–H and O–H groups in total. The number of halogens is 4. The third-order valence-corrected chi connectivity index (χ3v) is 3.92. The summed E-state index contributed by atoms with van der Waals surface area (Å²) in [5, 5.41) is 2.14. The SMILES string of the molecule is FC(F)(F)c1nc(Cl)c2cc(-c3cccs3)ccc2n1. The molecule has 1 aromatic carbocycles. The lowest BCUT2D eigenvalue weighted by atomic mass is 10.1. The second kappa shape index (κ2) is 4.71. The van der Waals surface area contributed by atoms with Crippen molar-refractivity contribution in [2.24, 2.45) is 0 Å². The van der Waals surface area contributed by atoms with E-state index in [9.17, 15) is 13.2 Å². The van der Waals surface area contributed by atoms with E-state index in [-0.39, 0.29) is 10.7 Å². The van der Waals surface area contributed by atoms with Crippen molar-refractivity contribution in [1.82, 2.24) is 9.97 Å². The summed E-state index contributed by atoms with van der Waals surface area (Å²) < 4.78 is 37.8. The molecule has 0 fully saturated rings. The van der Waals surface area contributed by atoms with Crippen molar-refractivity contribution in [1.29, 1.82) is 0 Å². The first kappa shape index (κ1) is 13.3. The predicted octanol–water partition coefficient (Wildman–Crippen LogP) is 5.03. The Morgan fingerprint density at radius 3 is 2.55 bits per heavy atom. The number of hydrogen-bond acceptors (Lipinski definition) is 3. The molecule has 0 atom stereocenters. The molecule has 0 aliphatic rings. The Balaban J connectivity index is 2.19. The highest BCUT2D eigenvalue weighted by Crippen LogP contribution is 2.33. The van der Waals surface area contributed by atoms with E-state index in [4.69, 9.17) is 11.6 Å². The average molecular weight is 315 g/mol. The molecule has 0 bridgehead atoms. The predicted molar refractivity (Wildman–Crippen MR) is 72.9 cm³/mol. The number of rotatable bonds is 1. The summed E-state index contributed by atoms with van der Waals surface area (Å²) in [6.07, 6.45) is -4.61. The maximum atomic E-state index is 12.6. The molecule has 3 aromatic rings. The smallest absolute Gasteiger partial charge is 0.224 e. The van der Waals surface area contributed by atoms with Crippen molar-refractivity contribution in [3.8, 4) is 10.4 Å². The van der Waals surface area contributed by atoms with Gasteiger partial charge in [-0.25, -0.2) is 9.97 Å². The molecule has 3 rings (SSSR count). The van der Waals surface area contributed by atoms with Gasteiger partial charge in [0.2, 0.25) is 5.82 Å². The Labute approximate surface area is 120 Å². The summed E-state index contributed by atoms with van der Waals surface area (Å²) in [5.74, 6) is -1.22. The quantitative estimate of drug-likeness (QED) is 0.589. The highest BCUT2D eigenvalue weighted by Gasteiger charge is 2.35. The van der Waals surface area contributed by atoms with Crippen LogP contribution in [0.5, 0.6) is 0 Å². The van der Waals surface area contributed by atoms with Crippen LogP contribution in [0.1, 0.15) is 5.82 Å². The lowest BCUT2D eigenvalue weighted by molar-refractivity contribution is -0.144. The lowest BCUT2D eigenvalue weighted by Crippen LogP contribution is -2.11. The van der Waals surface area contributed by atoms with Crippen molar-refractivity contribution < 1.29 is 13.2 Å². The van der Waals surface area contributed by atoms with Gasteiger partial charge >= 0.3 is 6.18 Å². The monoisotopic (exact) mass is 314 g/mol. The van der Waals surface area contributed by atoms with Crippen LogP contribution in [0.4, 0.5) is 13.2 Å². The average Bonchev–Trinajstić information content (AvgIpc) is 2.91. The first-order chi connectivity index (χ1) is 9.45. The van der Waals surface area contributed by atoms with Gasteiger partial charge in [0.15, 0.2) is 0 Å². The molecule has 0 spiro atoms. The van der Waals surface area contributed by atoms with Crippen LogP contribution in [-0.4, -0.2) is 9.97 Å². The number of thiophene rings is 1. The Morgan fingerprint density at radius 1 is 1.10 bits per heavy atom. The lowest BCUT2D eigenvalue weighted by Gasteiger charge is -2.08. The molecule has 7 heteroatoms. The van der Waals surface area contributed by atoms with Crippen molar-refractivity contribution in [3.63, 3.8) is 0 Å². The van der Waals surface area contributed by atoms with E-state index in [0.717, 1.165) is 10.4 Å². The van der Waals surface area contributed by atoms with E-state index >= 15 is 0 Å². The van der Waals surface area contributed by atoms with Crippen LogP contribution in [0, 0.1) is 0 Å². The van der Waals surface area contributed by atoms with Crippen LogP contribution in [0.25, 0.3) is 21.3 Å². The van der Waals surface area contributed by atoms with Crippen molar-refractivity contribution >= 4 is 33.8 Å². The minimum atomic E-state index is -4.61. The van der Waals surface area contributed by atoms with Crippen molar-refractivity contribution in [3.05, 3.63) is 46.7 Å². The molecule has 0 amide bonds. The van der Waals surface area contributed by atoms with Gasteiger partial charge in [-0.1, -0.05) is 23.7 Å². The second-order valence-corrected chi connectivity index (χ2v) is 5.35. The zero-order valence-corrected chi connectivity index (χ0v) is 11.4. The fourth-order valence-electron chi connectivity index (χ4n) is 1.81. The van der Waals surface area contributed by atoms with Gasteiger partial charge in [-0.3, -0.25) is 0 Å². The number of fused-ring (bicyclic) bond motifs is 1. The van der Waals surface area contributed by atoms with Gasteiger partial charge in [0.05, 0.1) is 5.52 Å². The van der Waals surface area contributed by atoms with E-state index in [0.29, 0.717) is 5.39 Å². The normalized spacial score (nSPS) is 12.0. The minimum Gasteiger partial charge on any atom is -0.224 e. The maximum Gasteiger partial charge on any atom is 0.451 e. The zero-order chi connectivity index (χ0) is 14.3. The Bertz CT molecular complexity index is 769. The summed E-state index contributed by atoms with van der Waals surface area (Å²) in [6, 6.07) is 8.76. The van der Waals surface area contributed by atoms with Gasteiger partial charge in [-0.2, -0.15) is 13.2 Å². The molecular weight excluding hydrogens is 309 g/mol. The third kappa shape index (κ3) is 2.36. The van der Waals surface area contributed by atoms with Crippen molar-refractivity contribution in [2.75, 3.05) is 0 Å². The number of aromatic nitrogens is 2. The number of benzene rings is 1. The maximum absolute atomic E-state index is 12.6. The van der Waals surface area contributed by atoms with Gasteiger partial charge < -0.3 is 0 Å². The summed E-state index contributed by atoms with van der Waals surface area (Å²) in [6.45, 7) is 0. The third-order valence-electron chi connectivity index (χ3n) is 2.71. The molecule has 102 valence electrons. The van der Waals surface area contributed by atoms with E-state index in [2.05, 4.69) is 9.97 Å². The molecule has 0 aliphatic heterocycles. The molecular formula is C13H6ClF3N2S. The number of hydrogen-bond donors (Lipinski definition) is 0. The fourth-order valence-corrected chi connectivity index (χ4v) is 2.77. The van der Waals surface area contributed by atoms with E-state index in [1.807, 2.05) is 17.5 Å².